The minimum atomic E-state index is -4.28. The third kappa shape index (κ3) is 7.65. The Labute approximate surface area is 268 Å². The number of anilines is 2. The molecule has 45 heavy (non-hydrogen) atoms. The molecule has 1 amide bonds. The fourth-order valence-electron chi connectivity index (χ4n) is 6.31. The maximum absolute atomic E-state index is 13.7. The van der Waals surface area contributed by atoms with Crippen molar-refractivity contribution in [1.29, 1.82) is 0 Å². The number of pyridine rings is 3. The quantitative estimate of drug-likeness (QED) is 0.323. The van der Waals surface area contributed by atoms with E-state index < -0.39 is 15.9 Å². The number of nitrogens with one attached hydrogen (secondary N) is 2. The fourth-order valence-corrected chi connectivity index (χ4v) is 7.25. The fraction of sp³-hybridized carbons (Fsp3) is 0.543. The summed E-state index contributed by atoms with van der Waals surface area (Å²) in [5.74, 6) is 0.540. The number of hydrogen-bond donors (Lipinski definition) is 2. The normalized spacial score (nSPS) is 21.6. The third-order valence-electron chi connectivity index (χ3n) is 8.88. The zero-order chi connectivity index (χ0) is 32.8. The van der Waals surface area contributed by atoms with Gasteiger partial charge in [-0.1, -0.05) is 47.6 Å². The molecule has 5 rings (SSSR count). The lowest BCUT2D eigenvalue weighted by atomic mass is 9.88. The molecule has 1 fully saturated rings. The number of carbonyl (C=O) groups is 1. The van der Waals surface area contributed by atoms with E-state index in [-0.39, 0.29) is 33.0 Å². The van der Waals surface area contributed by atoms with Crippen molar-refractivity contribution in [2.24, 2.45) is 11.3 Å². The lowest BCUT2D eigenvalue weighted by Crippen LogP contribution is -2.41. The molecule has 2 aliphatic rings. The first-order valence-corrected chi connectivity index (χ1v) is 17.4. The highest BCUT2D eigenvalue weighted by atomic mass is 32.2. The van der Waals surface area contributed by atoms with Crippen molar-refractivity contribution in [1.82, 2.24) is 19.7 Å². The molecule has 1 saturated heterocycles. The summed E-state index contributed by atoms with van der Waals surface area (Å²) < 4.78 is 29.3. The molecule has 9 nitrogen and oxygen atoms in total. The standard InChI is InChI=1S/C35H48N6O3S/c1-33(2,3)18-16-23-17-19-36-27(20-23)26-14-12-24-21-35(7,8)41(22-24)31-25(13-15-28(38-31)34(4,5)6)32(42)40-45(43,44)30-11-9-10-29(37-26)39-30/h9-11,13,15,17,19-20,24,26H,12,14,16,18,21-22H2,1-8H3,(H,37,39)(H,40,42)/t24-,26-/m0/s1. The molecule has 0 radical (unpaired) electrons. The van der Waals surface area contributed by atoms with Crippen molar-refractivity contribution < 1.29 is 13.2 Å². The molecule has 5 heterocycles. The molecule has 0 aliphatic carbocycles. The zero-order valence-corrected chi connectivity index (χ0v) is 28.8. The van der Waals surface area contributed by atoms with E-state index in [1.165, 1.54) is 11.6 Å². The van der Waals surface area contributed by atoms with Gasteiger partial charge in [0.2, 0.25) is 0 Å². The van der Waals surface area contributed by atoms with E-state index in [2.05, 4.69) is 87.4 Å². The van der Waals surface area contributed by atoms with Gasteiger partial charge in [0.1, 0.15) is 11.6 Å². The Morgan fingerprint density at radius 1 is 1.00 bits per heavy atom. The average Bonchev–Trinajstić information content (AvgIpc) is 3.26. The van der Waals surface area contributed by atoms with Gasteiger partial charge in [-0.3, -0.25) is 9.78 Å². The van der Waals surface area contributed by atoms with E-state index in [9.17, 15) is 13.2 Å². The lowest BCUT2D eigenvalue weighted by molar-refractivity contribution is 0.0981. The van der Waals surface area contributed by atoms with Crippen molar-refractivity contribution in [3.05, 3.63) is 71.2 Å². The van der Waals surface area contributed by atoms with Gasteiger partial charge in [-0.15, -0.1) is 0 Å². The summed E-state index contributed by atoms with van der Waals surface area (Å²) in [5.41, 5.74) is 2.88. The Hall–Kier alpha value is -3.53. The van der Waals surface area contributed by atoms with Gasteiger partial charge in [-0.25, -0.2) is 14.7 Å². The topological polar surface area (TPSA) is 117 Å². The second-order valence-electron chi connectivity index (χ2n) is 15.5. The number of aromatic nitrogens is 3. The van der Waals surface area contributed by atoms with E-state index in [4.69, 9.17) is 9.97 Å². The molecule has 0 aromatic carbocycles. The Morgan fingerprint density at radius 2 is 1.76 bits per heavy atom. The zero-order valence-electron chi connectivity index (χ0n) is 27.9. The van der Waals surface area contributed by atoms with Crippen molar-refractivity contribution in [3.8, 4) is 0 Å². The highest BCUT2D eigenvalue weighted by molar-refractivity contribution is 7.90. The number of carbonyl (C=O) groups excluding carboxylic acids is 1. The average molecular weight is 633 g/mol. The number of fused-ring (bicyclic) bond motifs is 6. The van der Waals surface area contributed by atoms with Crippen LogP contribution in [-0.2, 0) is 21.9 Å². The first kappa shape index (κ1) is 32.9. The molecule has 4 bridgehead atoms. The molecule has 2 atom stereocenters. The van der Waals surface area contributed by atoms with Crippen LogP contribution in [0, 0.1) is 11.3 Å². The maximum Gasteiger partial charge on any atom is 0.281 e. The first-order valence-electron chi connectivity index (χ1n) is 16.0. The van der Waals surface area contributed by atoms with Crippen LogP contribution in [0.3, 0.4) is 0 Å². The number of hydrogen-bond acceptors (Lipinski definition) is 8. The maximum atomic E-state index is 13.7. The van der Waals surface area contributed by atoms with Gasteiger partial charge in [0.15, 0.2) is 5.03 Å². The SMILES string of the molecule is CC(C)(C)CCc1ccnc([C@@H]2CC[C@@H]3CN(c4nc(C(C)(C)C)ccc4C(=O)NS(=O)(=O)c4cccc(n4)N2)C(C)(C)C3)c1. The Bertz CT molecular complexity index is 1670. The molecular formula is C35H48N6O3S. The monoisotopic (exact) mass is 632 g/mol. The van der Waals surface area contributed by atoms with Crippen LogP contribution >= 0.6 is 0 Å². The van der Waals surface area contributed by atoms with Crippen LogP contribution in [0.5, 0.6) is 0 Å². The minimum absolute atomic E-state index is 0.181. The molecule has 0 saturated carbocycles. The van der Waals surface area contributed by atoms with Crippen LogP contribution in [0.1, 0.15) is 114 Å². The largest absolute Gasteiger partial charge is 0.362 e. The number of rotatable bonds is 3. The van der Waals surface area contributed by atoms with Gasteiger partial charge in [-0.05, 0) is 99.2 Å². The van der Waals surface area contributed by atoms with E-state index in [0.717, 1.165) is 43.5 Å². The van der Waals surface area contributed by atoms with E-state index in [1.807, 2.05) is 12.3 Å². The predicted molar refractivity (Wildman–Crippen MR) is 179 cm³/mol. The first-order chi connectivity index (χ1) is 20.9. The van der Waals surface area contributed by atoms with Crippen molar-refractivity contribution in [2.45, 2.75) is 110 Å². The second-order valence-corrected chi connectivity index (χ2v) is 17.2. The molecule has 0 spiro atoms. The molecule has 10 heteroatoms. The van der Waals surface area contributed by atoms with E-state index in [0.29, 0.717) is 24.1 Å². The summed E-state index contributed by atoms with van der Waals surface area (Å²) in [6.45, 7) is 18.0. The van der Waals surface area contributed by atoms with Gasteiger partial charge in [0.25, 0.3) is 15.9 Å². The predicted octanol–water partition coefficient (Wildman–Crippen LogP) is 6.82. The van der Waals surface area contributed by atoms with Crippen LogP contribution in [0.15, 0.2) is 53.7 Å². The van der Waals surface area contributed by atoms with Crippen LogP contribution < -0.4 is 14.9 Å². The van der Waals surface area contributed by atoms with Gasteiger partial charge >= 0.3 is 0 Å². The molecule has 2 aliphatic heterocycles. The molecule has 242 valence electrons. The van der Waals surface area contributed by atoms with Gasteiger partial charge in [0, 0.05) is 29.4 Å². The van der Waals surface area contributed by atoms with E-state index >= 15 is 0 Å². The summed E-state index contributed by atoms with van der Waals surface area (Å²) in [6.07, 6.45) is 6.47. The Morgan fingerprint density at radius 3 is 2.47 bits per heavy atom. The van der Waals surface area contributed by atoms with E-state index in [1.54, 1.807) is 18.2 Å². The van der Waals surface area contributed by atoms with Crippen molar-refractivity contribution in [3.63, 3.8) is 0 Å². The summed E-state index contributed by atoms with van der Waals surface area (Å²) in [7, 11) is -4.28. The third-order valence-corrected chi connectivity index (χ3v) is 10.1. The summed E-state index contributed by atoms with van der Waals surface area (Å²) in [6, 6.07) is 12.4. The number of amides is 1. The summed E-state index contributed by atoms with van der Waals surface area (Å²) in [4.78, 5) is 30.1. The molecule has 0 unspecified atom stereocenters. The lowest BCUT2D eigenvalue weighted by Gasteiger charge is -2.34. The van der Waals surface area contributed by atoms with Crippen molar-refractivity contribution in [2.75, 3.05) is 16.8 Å². The molecule has 3 aromatic heterocycles. The Kier molecular flexibility index (Phi) is 8.76. The van der Waals surface area contributed by atoms with Crippen LogP contribution in [-0.4, -0.2) is 41.4 Å². The summed E-state index contributed by atoms with van der Waals surface area (Å²) in [5, 5.41) is 3.26. The highest BCUT2D eigenvalue weighted by Crippen LogP contribution is 2.41. The van der Waals surface area contributed by atoms with Crippen LogP contribution in [0.2, 0.25) is 0 Å². The van der Waals surface area contributed by atoms with Crippen LogP contribution in [0.25, 0.3) is 0 Å². The molecule has 3 aromatic rings. The smallest absolute Gasteiger partial charge is 0.281 e. The number of sulfonamides is 1. The highest BCUT2D eigenvalue weighted by Gasteiger charge is 2.41. The van der Waals surface area contributed by atoms with Crippen LogP contribution in [0.4, 0.5) is 11.6 Å². The molecular weight excluding hydrogens is 584 g/mol. The van der Waals surface area contributed by atoms with Gasteiger partial charge in [0.05, 0.1) is 17.3 Å². The minimum Gasteiger partial charge on any atom is -0.362 e. The second kappa shape index (κ2) is 12.0. The van der Waals surface area contributed by atoms with Crippen molar-refractivity contribution >= 4 is 27.6 Å². The Balaban J connectivity index is 1.57. The summed E-state index contributed by atoms with van der Waals surface area (Å²) >= 11 is 0. The molecule has 2 N–H and O–H groups in total. The van der Waals surface area contributed by atoms with Gasteiger partial charge in [-0.2, -0.15) is 8.42 Å². The number of aryl methyl sites for hydroxylation is 1. The van der Waals surface area contributed by atoms with Gasteiger partial charge < -0.3 is 10.2 Å². The number of nitrogens with zero attached hydrogens (tertiary/aromatic N) is 4.